The number of methoxy groups -OCH3 is 1. The lowest BCUT2D eigenvalue weighted by atomic mass is 10.2. The van der Waals surface area contributed by atoms with Crippen molar-refractivity contribution < 1.29 is 22.9 Å². The molecule has 0 heterocycles. The summed E-state index contributed by atoms with van der Waals surface area (Å²) < 4.78 is 27.0. The number of carbonyl (C=O) groups excluding carboxylic acids is 1. The van der Waals surface area contributed by atoms with Gasteiger partial charge in [-0.15, -0.1) is 0 Å². The van der Waals surface area contributed by atoms with Gasteiger partial charge in [0.05, 0.1) is 23.7 Å². The van der Waals surface area contributed by atoms with E-state index < -0.39 is 25.5 Å². The van der Waals surface area contributed by atoms with Crippen LogP contribution in [-0.2, 0) is 10.0 Å². The number of aldehydes is 1. The van der Waals surface area contributed by atoms with E-state index in [0.29, 0.717) is 0 Å². The van der Waals surface area contributed by atoms with Gasteiger partial charge in [0.1, 0.15) is 10.6 Å². The van der Waals surface area contributed by atoms with Crippen LogP contribution in [0.15, 0.2) is 17.0 Å². The number of rotatable bonds is 4. The molecule has 92 valence electrons. The van der Waals surface area contributed by atoms with E-state index in [0.717, 1.165) is 19.2 Å². The Hall–Kier alpha value is -2.00. The highest BCUT2D eigenvalue weighted by Crippen LogP contribution is 2.30. The van der Waals surface area contributed by atoms with Crippen LogP contribution in [0.2, 0.25) is 0 Å². The van der Waals surface area contributed by atoms with E-state index in [1.807, 2.05) is 0 Å². The van der Waals surface area contributed by atoms with E-state index in [1.54, 1.807) is 0 Å². The Labute approximate surface area is 96.2 Å². The van der Waals surface area contributed by atoms with Crippen LogP contribution in [0.4, 0.5) is 5.69 Å². The summed E-state index contributed by atoms with van der Waals surface area (Å²) in [5.41, 5.74) is -0.941. The minimum Gasteiger partial charge on any atom is -0.495 e. The van der Waals surface area contributed by atoms with Crippen LogP contribution >= 0.6 is 0 Å². The van der Waals surface area contributed by atoms with Gasteiger partial charge in [-0.25, -0.2) is 13.6 Å². The fraction of sp³-hybridized carbons (Fsp3) is 0.125. The average Bonchev–Trinajstić information content (AvgIpc) is 2.25. The number of ether oxygens (including phenoxy) is 1. The molecule has 0 aliphatic rings. The lowest BCUT2D eigenvalue weighted by Crippen LogP contribution is -2.14. The lowest BCUT2D eigenvalue weighted by Gasteiger charge is -2.07. The third kappa shape index (κ3) is 2.57. The summed E-state index contributed by atoms with van der Waals surface area (Å²) >= 11 is 0. The molecular formula is C8H8N2O6S. The normalized spacial score (nSPS) is 10.9. The number of nitro groups is 1. The van der Waals surface area contributed by atoms with Crippen molar-refractivity contribution in [1.29, 1.82) is 0 Å². The largest absolute Gasteiger partial charge is 0.495 e. The summed E-state index contributed by atoms with van der Waals surface area (Å²) in [4.78, 5) is 20.0. The summed E-state index contributed by atoms with van der Waals surface area (Å²) in [6.07, 6.45) is 0.173. The second-order valence-electron chi connectivity index (χ2n) is 2.98. The van der Waals surface area contributed by atoms with Gasteiger partial charge < -0.3 is 4.74 Å². The molecule has 0 atom stereocenters. The molecule has 0 amide bonds. The predicted octanol–water partition coefficient (Wildman–Crippen LogP) is 0.0633. The molecule has 0 bridgehead atoms. The molecule has 0 radical (unpaired) electrons. The topological polar surface area (TPSA) is 130 Å². The highest BCUT2D eigenvalue weighted by Gasteiger charge is 2.23. The zero-order valence-corrected chi connectivity index (χ0v) is 9.43. The zero-order chi connectivity index (χ0) is 13.2. The first-order valence-electron chi connectivity index (χ1n) is 4.15. The van der Waals surface area contributed by atoms with Crippen molar-refractivity contribution >= 4 is 22.0 Å². The monoisotopic (exact) mass is 260 g/mol. The van der Waals surface area contributed by atoms with Gasteiger partial charge in [0.2, 0.25) is 10.0 Å². The highest BCUT2D eigenvalue weighted by molar-refractivity contribution is 7.89. The van der Waals surface area contributed by atoms with Crippen LogP contribution in [0.3, 0.4) is 0 Å². The first-order valence-corrected chi connectivity index (χ1v) is 5.70. The van der Waals surface area contributed by atoms with Crippen molar-refractivity contribution in [2.24, 2.45) is 5.14 Å². The molecule has 0 fully saturated rings. The minimum absolute atomic E-state index is 0.173. The molecule has 0 spiro atoms. The number of carbonyl (C=O) groups is 1. The van der Waals surface area contributed by atoms with Gasteiger partial charge in [-0.2, -0.15) is 0 Å². The number of sulfonamides is 1. The maximum Gasteiger partial charge on any atom is 0.283 e. The number of hydrogen-bond donors (Lipinski definition) is 1. The Balaban J connectivity index is 3.66. The molecule has 9 heteroatoms. The number of hydrogen-bond acceptors (Lipinski definition) is 6. The standard InChI is InChI=1S/C8H8N2O6S/c1-16-7-3-6(10(12)13)5(4-11)2-8(7)17(9,14)15/h2-4H,1H3,(H2,9,14,15). The van der Waals surface area contributed by atoms with Crippen molar-refractivity contribution in [3.63, 3.8) is 0 Å². The molecule has 0 saturated heterocycles. The summed E-state index contributed by atoms with van der Waals surface area (Å²) in [5, 5.41) is 15.5. The first kappa shape index (κ1) is 13.1. The Morgan fingerprint density at radius 3 is 2.41 bits per heavy atom. The molecule has 8 nitrogen and oxygen atoms in total. The van der Waals surface area contributed by atoms with E-state index in [2.05, 4.69) is 4.74 Å². The first-order chi connectivity index (χ1) is 7.81. The van der Waals surface area contributed by atoms with Gasteiger partial charge in [-0.1, -0.05) is 0 Å². The van der Waals surface area contributed by atoms with Gasteiger partial charge >= 0.3 is 0 Å². The zero-order valence-electron chi connectivity index (χ0n) is 8.61. The second kappa shape index (κ2) is 4.47. The molecular weight excluding hydrogens is 252 g/mol. The molecule has 0 saturated carbocycles. The average molecular weight is 260 g/mol. The lowest BCUT2D eigenvalue weighted by molar-refractivity contribution is -0.385. The summed E-state index contributed by atoms with van der Waals surface area (Å²) in [5.74, 6) is -0.287. The number of benzene rings is 1. The quantitative estimate of drug-likeness (QED) is 0.463. The van der Waals surface area contributed by atoms with Crippen molar-refractivity contribution in [1.82, 2.24) is 0 Å². The molecule has 17 heavy (non-hydrogen) atoms. The number of nitrogens with two attached hydrogens (primary N) is 1. The smallest absolute Gasteiger partial charge is 0.283 e. The molecule has 1 aromatic rings. The van der Waals surface area contributed by atoms with Crippen molar-refractivity contribution in [2.45, 2.75) is 4.90 Å². The predicted molar refractivity (Wildman–Crippen MR) is 56.4 cm³/mol. The third-order valence-corrected chi connectivity index (χ3v) is 2.88. The molecule has 0 aliphatic carbocycles. The molecule has 0 aliphatic heterocycles. The van der Waals surface area contributed by atoms with Crippen molar-refractivity contribution in [3.8, 4) is 5.75 Å². The Morgan fingerprint density at radius 2 is 2.06 bits per heavy atom. The van der Waals surface area contributed by atoms with E-state index in [1.165, 1.54) is 0 Å². The Bertz CT molecular complexity index is 580. The maximum absolute atomic E-state index is 11.2. The van der Waals surface area contributed by atoms with Crippen LogP contribution in [0.5, 0.6) is 5.75 Å². The van der Waals surface area contributed by atoms with Gasteiger partial charge in [0.15, 0.2) is 6.29 Å². The van der Waals surface area contributed by atoms with Crippen LogP contribution < -0.4 is 9.88 Å². The number of nitrogens with zero attached hydrogens (tertiary/aromatic N) is 1. The Morgan fingerprint density at radius 1 is 1.47 bits per heavy atom. The molecule has 0 aromatic heterocycles. The van der Waals surface area contributed by atoms with Gasteiger partial charge in [0, 0.05) is 0 Å². The van der Waals surface area contributed by atoms with Gasteiger partial charge in [-0.3, -0.25) is 14.9 Å². The van der Waals surface area contributed by atoms with Crippen LogP contribution in [0.1, 0.15) is 10.4 Å². The molecule has 1 aromatic carbocycles. The second-order valence-corrected chi connectivity index (χ2v) is 4.51. The minimum atomic E-state index is -4.13. The van der Waals surface area contributed by atoms with Crippen LogP contribution in [0, 0.1) is 10.1 Å². The summed E-state index contributed by atoms with van der Waals surface area (Å²) in [7, 11) is -2.99. The van der Waals surface area contributed by atoms with Crippen LogP contribution in [-0.4, -0.2) is 26.7 Å². The van der Waals surface area contributed by atoms with Crippen molar-refractivity contribution in [2.75, 3.05) is 7.11 Å². The fourth-order valence-corrected chi connectivity index (χ4v) is 1.91. The van der Waals surface area contributed by atoms with E-state index >= 15 is 0 Å². The molecule has 0 unspecified atom stereocenters. The maximum atomic E-state index is 11.2. The fourth-order valence-electron chi connectivity index (χ4n) is 1.20. The number of nitro benzene ring substituents is 1. The third-order valence-electron chi connectivity index (χ3n) is 1.94. The summed E-state index contributed by atoms with van der Waals surface area (Å²) in [6.45, 7) is 0. The van der Waals surface area contributed by atoms with Crippen LogP contribution in [0.25, 0.3) is 0 Å². The number of primary sulfonamides is 1. The van der Waals surface area contributed by atoms with E-state index in [4.69, 9.17) is 5.14 Å². The van der Waals surface area contributed by atoms with E-state index in [-0.39, 0.29) is 17.6 Å². The van der Waals surface area contributed by atoms with Gasteiger partial charge in [-0.05, 0) is 6.07 Å². The summed E-state index contributed by atoms with van der Waals surface area (Å²) in [6, 6.07) is 1.64. The SMILES string of the molecule is COc1cc([N+](=O)[O-])c(C=O)cc1S(N)(=O)=O. The molecule has 1 rings (SSSR count). The van der Waals surface area contributed by atoms with Gasteiger partial charge in [0.25, 0.3) is 5.69 Å². The van der Waals surface area contributed by atoms with E-state index in [9.17, 15) is 23.3 Å². The Kier molecular flexibility index (Phi) is 3.44. The highest BCUT2D eigenvalue weighted by atomic mass is 32.2. The molecule has 2 N–H and O–H groups in total. The van der Waals surface area contributed by atoms with Crippen molar-refractivity contribution in [3.05, 3.63) is 27.8 Å².